The largest absolute Gasteiger partial charge is 0.326 e. The monoisotopic (exact) mass is 233 g/mol. The highest BCUT2D eigenvalue weighted by molar-refractivity contribution is 5.91. The highest BCUT2D eigenvalue weighted by Crippen LogP contribution is 2.16. The van der Waals surface area contributed by atoms with Crippen LogP contribution in [0.15, 0.2) is 18.5 Å². The number of aromatic nitrogens is 1. The molecule has 0 bridgehead atoms. The van der Waals surface area contributed by atoms with E-state index in [1.54, 1.807) is 12.4 Å². The van der Waals surface area contributed by atoms with Crippen molar-refractivity contribution in [2.24, 2.45) is 5.92 Å². The fourth-order valence-electron chi connectivity index (χ4n) is 2.12. The summed E-state index contributed by atoms with van der Waals surface area (Å²) in [5, 5.41) is 6.25. The van der Waals surface area contributed by atoms with Crippen molar-refractivity contribution in [1.82, 2.24) is 10.3 Å². The van der Waals surface area contributed by atoms with Gasteiger partial charge in [0.1, 0.15) is 0 Å². The number of amides is 1. The van der Waals surface area contributed by atoms with Gasteiger partial charge in [-0.3, -0.25) is 9.78 Å². The maximum absolute atomic E-state index is 11.8. The summed E-state index contributed by atoms with van der Waals surface area (Å²) in [4.78, 5) is 15.8. The fourth-order valence-corrected chi connectivity index (χ4v) is 2.12. The first-order valence-corrected chi connectivity index (χ1v) is 6.17. The van der Waals surface area contributed by atoms with Gasteiger partial charge in [0.2, 0.25) is 5.91 Å². The van der Waals surface area contributed by atoms with E-state index in [1.165, 1.54) is 6.42 Å². The second-order valence-corrected chi connectivity index (χ2v) is 4.64. The Morgan fingerprint density at radius 1 is 1.65 bits per heavy atom. The first-order chi connectivity index (χ1) is 8.25. The van der Waals surface area contributed by atoms with Crippen LogP contribution in [0.2, 0.25) is 0 Å². The Balaban J connectivity index is 1.79. The Morgan fingerprint density at radius 2 is 2.53 bits per heavy atom. The zero-order chi connectivity index (χ0) is 12.1. The molecule has 1 aromatic rings. The molecule has 92 valence electrons. The van der Waals surface area contributed by atoms with E-state index in [2.05, 4.69) is 15.6 Å². The molecule has 4 nitrogen and oxygen atoms in total. The second-order valence-electron chi connectivity index (χ2n) is 4.64. The van der Waals surface area contributed by atoms with Gasteiger partial charge in [-0.15, -0.1) is 0 Å². The zero-order valence-electron chi connectivity index (χ0n) is 10.2. The summed E-state index contributed by atoms with van der Waals surface area (Å²) in [6, 6.07) is 1.84. The third kappa shape index (κ3) is 3.53. The molecule has 1 atom stereocenters. The molecule has 1 fully saturated rings. The lowest BCUT2D eigenvalue weighted by molar-refractivity contribution is -0.116. The van der Waals surface area contributed by atoms with E-state index in [1.807, 2.05) is 13.0 Å². The molecule has 0 aliphatic carbocycles. The first-order valence-electron chi connectivity index (χ1n) is 6.17. The first kappa shape index (κ1) is 12.0. The lowest BCUT2D eigenvalue weighted by Gasteiger charge is -2.09. The van der Waals surface area contributed by atoms with Crippen LogP contribution in [0.5, 0.6) is 0 Å². The van der Waals surface area contributed by atoms with Crippen molar-refractivity contribution < 1.29 is 4.79 Å². The molecule has 1 unspecified atom stereocenters. The van der Waals surface area contributed by atoms with Crippen LogP contribution >= 0.6 is 0 Å². The Morgan fingerprint density at radius 3 is 3.24 bits per heavy atom. The molecule has 0 spiro atoms. The van der Waals surface area contributed by atoms with E-state index in [4.69, 9.17) is 0 Å². The van der Waals surface area contributed by atoms with Gasteiger partial charge in [0, 0.05) is 24.5 Å². The van der Waals surface area contributed by atoms with Gasteiger partial charge in [0.05, 0.1) is 0 Å². The maximum Gasteiger partial charge on any atom is 0.224 e. The third-order valence-electron chi connectivity index (χ3n) is 3.24. The molecule has 1 aliphatic heterocycles. The summed E-state index contributed by atoms with van der Waals surface area (Å²) in [6.07, 6.45) is 6.23. The smallest absolute Gasteiger partial charge is 0.224 e. The van der Waals surface area contributed by atoms with Gasteiger partial charge < -0.3 is 10.6 Å². The van der Waals surface area contributed by atoms with E-state index >= 15 is 0 Å². The van der Waals surface area contributed by atoms with Gasteiger partial charge >= 0.3 is 0 Å². The molecule has 2 N–H and O–H groups in total. The van der Waals surface area contributed by atoms with Crippen LogP contribution < -0.4 is 10.6 Å². The summed E-state index contributed by atoms with van der Waals surface area (Å²) in [5.41, 5.74) is 1.87. The molecule has 1 amide bonds. The summed E-state index contributed by atoms with van der Waals surface area (Å²) in [6.45, 7) is 4.10. The second kappa shape index (κ2) is 5.77. The normalized spacial score (nSPS) is 19.2. The zero-order valence-corrected chi connectivity index (χ0v) is 10.2. The summed E-state index contributed by atoms with van der Waals surface area (Å²) >= 11 is 0. The van der Waals surface area contributed by atoms with Crippen molar-refractivity contribution in [1.29, 1.82) is 0 Å². The Hall–Kier alpha value is -1.42. The number of nitrogens with one attached hydrogen (secondary N) is 2. The lowest BCUT2D eigenvalue weighted by Crippen LogP contribution is -2.15. The molecule has 4 heteroatoms. The van der Waals surface area contributed by atoms with Crippen molar-refractivity contribution in [3.8, 4) is 0 Å². The van der Waals surface area contributed by atoms with Crippen LogP contribution in [0.3, 0.4) is 0 Å². The van der Waals surface area contributed by atoms with E-state index < -0.39 is 0 Å². The molecule has 0 aromatic carbocycles. The maximum atomic E-state index is 11.8. The van der Waals surface area contributed by atoms with Gasteiger partial charge in [-0.25, -0.2) is 0 Å². The number of nitrogens with zero attached hydrogens (tertiary/aromatic N) is 1. The van der Waals surface area contributed by atoms with E-state index in [0.29, 0.717) is 12.3 Å². The van der Waals surface area contributed by atoms with Crippen LogP contribution in [-0.4, -0.2) is 24.0 Å². The Kier molecular flexibility index (Phi) is 4.09. The fraction of sp³-hybridized carbons (Fsp3) is 0.538. The number of rotatable bonds is 4. The third-order valence-corrected chi connectivity index (χ3v) is 3.24. The van der Waals surface area contributed by atoms with Gasteiger partial charge in [-0.05, 0) is 50.4 Å². The van der Waals surface area contributed by atoms with Gasteiger partial charge in [-0.2, -0.15) is 0 Å². The molecular weight excluding hydrogens is 214 g/mol. The van der Waals surface area contributed by atoms with Gasteiger partial charge in [-0.1, -0.05) is 0 Å². The van der Waals surface area contributed by atoms with Crippen LogP contribution in [0, 0.1) is 12.8 Å². The van der Waals surface area contributed by atoms with Crippen molar-refractivity contribution in [3.05, 3.63) is 24.0 Å². The number of hydrogen-bond acceptors (Lipinski definition) is 3. The lowest BCUT2D eigenvalue weighted by atomic mass is 10.0. The minimum absolute atomic E-state index is 0.103. The summed E-state index contributed by atoms with van der Waals surface area (Å²) in [5.74, 6) is 0.769. The average Bonchev–Trinajstić information content (AvgIpc) is 2.82. The highest BCUT2D eigenvalue weighted by atomic mass is 16.1. The quantitative estimate of drug-likeness (QED) is 0.832. The molecule has 1 aromatic heterocycles. The number of carbonyl (C=O) groups excluding carboxylic acids is 1. The summed E-state index contributed by atoms with van der Waals surface area (Å²) in [7, 11) is 0. The SMILES string of the molecule is Cc1cnccc1NC(=O)CCC1CCNC1. The predicted octanol–water partition coefficient (Wildman–Crippen LogP) is 1.72. The Bertz CT molecular complexity index is 386. The molecule has 17 heavy (non-hydrogen) atoms. The van der Waals surface area contributed by atoms with Crippen molar-refractivity contribution in [3.63, 3.8) is 0 Å². The van der Waals surface area contributed by atoms with E-state index in [-0.39, 0.29) is 5.91 Å². The predicted molar refractivity (Wildman–Crippen MR) is 67.8 cm³/mol. The molecule has 1 saturated heterocycles. The average molecular weight is 233 g/mol. The molecule has 2 heterocycles. The summed E-state index contributed by atoms with van der Waals surface area (Å²) < 4.78 is 0. The Labute approximate surface area is 102 Å². The number of hydrogen-bond donors (Lipinski definition) is 2. The van der Waals surface area contributed by atoms with Gasteiger partial charge in [0.15, 0.2) is 0 Å². The van der Waals surface area contributed by atoms with Crippen LogP contribution in [0.25, 0.3) is 0 Å². The number of anilines is 1. The van der Waals surface area contributed by atoms with Crippen LogP contribution in [0.1, 0.15) is 24.8 Å². The molecule has 0 saturated carbocycles. The minimum Gasteiger partial charge on any atom is -0.326 e. The van der Waals surface area contributed by atoms with Crippen molar-refractivity contribution in [2.75, 3.05) is 18.4 Å². The molecule has 1 aliphatic rings. The molecular formula is C13H19N3O. The van der Waals surface area contributed by atoms with E-state index in [0.717, 1.165) is 30.8 Å². The van der Waals surface area contributed by atoms with Crippen LogP contribution in [0.4, 0.5) is 5.69 Å². The number of pyridine rings is 1. The highest BCUT2D eigenvalue weighted by Gasteiger charge is 2.15. The molecule has 2 rings (SSSR count). The van der Waals surface area contributed by atoms with Crippen molar-refractivity contribution in [2.45, 2.75) is 26.2 Å². The molecule has 0 radical (unpaired) electrons. The van der Waals surface area contributed by atoms with Crippen LogP contribution in [-0.2, 0) is 4.79 Å². The number of carbonyl (C=O) groups is 1. The standard InChI is InChI=1S/C13H19N3O/c1-10-8-14-7-5-12(10)16-13(17)3-2-11-4-6-15-9-11/h5,7-8,11,15H,2-4,6,9H2,1H3,(H,14,16,17). The van der Waals surface area contributed by atoms with Gasteiger partial charge in [0.25, 0.3) is 0 Å². The van der Waals surface area contributed by atoms with Crippen molar-refractivity contribution >= 4 is 11.6 Å². The number of aryl methyl sites for hydroxylation is 1. The minimum atomic E-state index is 0.103. The topological polar surface area (TPSA) is 54.0 Å². The van der Waals surface area contributed by atoms with E-state index in [9.17, 15) is 4.79 Å².